The van der Waals surface area contributed by atoms with Crippen molar-refractivity contribution in [1.82, 2.24) is 0 Å². The molecule has 8 heteroatoms. The first-order valence-electron chi connectivity index (χ1n) is 5.57. The maximum atomic E-state index is 13.9. The minimum Gasteiger partial charge on any atom is -0.374 e. The van der Waals surface area contributed by atoms with Crippen LogP contribution in [0.25, 0.3) is 0 Å². The Hall–Kier alpha value is -1.18. The van der Waals surface area contributed by atoms with Crippen molar-refractivity contribution in [1.29, 1.82) is 0 Å². The van der Waals surface area contributed by atoms with E-state index in [-0.39, 0.29) is 5.02 Å². The molecule has 0 amide bonds. The zero-order valence-electron chi connectivity index (χ0n) is 10.2. The summed E-state index contributed by atoms with van der Waals surface area (Å²) in [6.45, 7) is 0. The van der Waals surface area contributed by atoms with Crippen molar-refractivity contribution in [3.63, 3.8) is 0 Å². The topological polar surface area (TPSA) is 20.2 Å². The molecule has 114 valence electrons. The Bertz CT molecular complexity index is 608. The molecule has 1 aromatic carbocycles. The van der Waals surface area contributed by atoms with Gasteiger partial charge in [0.15, 0.2) is 5.60 Å². The summed E-state index contributed by atoms with van der Waals surface area (Å²) in [4.78, 5) is -0.507. The second-order valence-electron chi connectivity index (χ2n) is 4.27. The molecule has 1 unspecified atom stereocenters. The highest BCUT2D eigenvalue weighted by atomic mass is 35.5. The Morgan fingerprint density at radius 2 is 1.52 bits per heavy atom. The summed E-state index contributed by atoms with van der Waals surface area (Å²) in [5.74, 6) is -5.36. The summed E-state index contributed by atoms with van der Waals surface area (Å²) in [6.07, 6.45) is -5.91. The summed E-state index contributed by atoms with van der Waals surface area (Å²) in [5, 5.41) is 11.8. The Kier molecular flexibility index (Phi) is 4.03. The fourth-order valence-electron chi connectivity index (χ4n) is 1.86. The molecule has 2 rings (SSSR count). The van der Waals surface area contributed by atoms with Crippen LogP contribution in [0.5, 0.6) is 0 Å². The fourth-order valence-corrected chi connectivity index (χ4v) is 2.86. The van der Waals surface area contributed by atoms with Crippen LogP contribution < -0.4 is 0 Å². The third-order valence-electron chi connectivity index (χ3n) is 2.95. The lowest BCUT2D eigenvalue weighted by Gasteiger charge is -2.36. The molecule has 0 saturated heterocycles. The van der Waals surface area contributed by atoms with Gasteiger partial charge >= 0.3 is 12.1 Å². The van der Waals surface area contributed by atoms with E-state index in [1.807, 2.05) is 0 Å². The number of alkyl halides is 5. The van der Waals surface area contributed by atoms with Gasteiger partial charge in [-0.15, -0.1) is 11.3 Å². The van der Waals surface area contributed by atoms with Crippen molar-refractivity contribution in [2.75, 3.05) is 0 Å². The van der Waals surface area contributed by atoms with E-state index in [2.05, 4.69) is 0 Å². The first kappa shape index (κ1) is 16.2. The van der Waals surface area contributed by atoms with Gasteiger partial charge in [-0.25, -0.2) is 0 Å². The van der Waals surface area contributed by atoms with Gasteiger partial charge < -0.3 is 5.11 Å². The summed E-state index contributed by atoms with van der Waals surface area (Å²) in [6, 6.07) is 6.49. The van der Waals surface area contributed by atoms with Crippen LogP contribution >= 0.6 is 22.9 Å². The molecule has 0 aliphatic rings. The summed E-state index contributed by atoms with van der Waals surface area (Å²) in [5.41, 5.74) is -4.10. The van der Waals surface area contributed by atoms with Crippen molar-refractivity contribution in [2.45, 2.75) is 17.7 Å². The van der Waals surface area contributed by atoms with Crippen LogP contribution in [0.4, 0.5) is 22.0 Å². The molecular formula is C13H8ClF5OS. The zero-order valence-corrected chi connectivity index (χ0v) is 11.7. The summed E-state index contributed by atoms with van der Waals surface area (Å²) >= 11 is 6.21. The van der Waals surface area contributed by atoms with Crippen molar-refractivity contribution in [2.24, 2.45) is 0 Å². The number of halogens is 6. The van der Waals surface area contributed by atoms with Crippen molar-refractivity contribution < 1.29 is 27.1 Å². The highest BCUT2D eigenvalue weighted by Crippen LogP contribution is 2.52. The Balaban J connectivity index is 2.69. The zero-order chi connectivity index (χ0) is 15.9. The molecule has 1 heterocycles. The maximum Gasteiger partial charge on any atom is 0.457 e. The highest BCUT2D eigenvalue weighted by Gasteiger charge is 2.71. The molecular weight excluding hydrogens is 335 g/mol. The van der Waals surface area contributed by atoms with Gasteiger partial charge in [0.25, 0.3) is 0 Å². The number of rotatable bonds is 3. The summed E-state index contributed by atoms with van der Waals surface area (Å²) < 4.78 is 66.1. The second kappa shape index (κ2) is 5.23. The Morgan fingerprint density at radius 3 is 1.95 bits per heavy atom. The van der Waals surface area contributed by atoms with Gasteiger partial charge in [-0.05, 0) is 29.1 Å². The van der Waals surface area contributed by atoms with Crippen molar-refractivity contribution in [3.05, 3.63) is 57.2 Å². The molecule has 0 aliphatic carbocycles. The average molecular weight is 343 g/mol. The van der Waals surface area contributed by atoms with E-state index in [0.717, 1.165) is 30.3 Å². The molecule has 0 fully saturated rings. The largest absolute Gasteiger partial charge is 0.457 e. The van der Waals surface area contributed by atoms with Gasteiger partial charge in [-0.3, -0.25) is 0 Å². The molecule has 0 bridgehead atoms. The van der Waals surface area contributed by atoms with E-state index in [1.165, 1.54) is 11.4 Å². The van der Waals surface area contributed by atoms with Gasteiger partial charge in [-0.2, -0.15) is 22.0 Å². The Morgan fingerprint density at radius 1 is 0.952 bits per heavy atom. The van der Waals surface area contributed by atoms with Crippen molar-refractivity contribution in [3.8, 4) is 0 Å². The predicted molar refractivity (Wildman–Crippen MR) is 69.8 cm³/mol. The molecule has 1 atom stereocenters. The first-order valence-corrected chi connectivity index (χ1v) is 6.83. The smallest absolute Gasteiger partial charge is 0.374 e. The number of thiophene rings is 1. The van der Waals surface area contributed by atoms with Crippen LogP contribution in [0, 0.1) is 0 Å². The minimum absolute atomic E-state index is 0.155. The standard InChI is InChI=1S/C13H8ClF5OS/c14-9-5-3-8(4-6-9)11(20,10-2-1-7-21-10)12(15,16)13(17,18)19/h1-7,20H. The summed E-state index contributed by atoms with van der Waals surface area (Å²) in [7, 11) is 0. The number of hydrogen-bond donors (Lipinski definition) is 1. The maximum absolute atomic E-state index is 13.9. The minimum atomic E-state index is -5.91. The fraction of sp³-hybridized carbons (Fsp3) is 0.231. The van der Waals surface area contributed by atoms with Gasteiger partial charge in [0.2, 0.25) is 0 Å². The normalized spacial score (nSPS) is 15.8. The molecule has 0 aliphatic heterocycles. The molecule has 1 nitrogen and oxygen atoms in total. The van der Waals surface area contributed by atoms with Gasteiger partial charge in [0.05, 0.1) is 0 Å². The quantitative estimate of drug-likeness (QED) is 0.792. The van der Waals surface area contributed by atoms with Crippen LogP contribution in [0.15, 0.2) is 41.8 Å². The van der Waals surface area contributed by atoms with E-state index in [9.17, 15) is 27.1 Å². The van der Waals surface area contributed by atoms with Crippen LogP contribution in [0.1, 0.15) is 10.4 Å². The van der Waals surface area contributed by atoms with Crippen LogP contribution in [0.2, 0.25) is 5.02 Å². The number of benzene rings is 1. The van der Waals surface area contributed by atoms with Crippen molar-refractivity contribution >= 4 is 22.9 Å². The van der Waals surface area contributed by atoms with Gasteiger partial charge in [0.1, 0.15) is 0 Å². The van der Waals surface area contributed by atoms with E-state index >= 15 is 0 Å². The Labute approximate surface area is 125 Å². The molecule has 21 heavy (non-hydrogen) atoms. The molecule has 2 aromatic rings. The SMILES string of the molecule is OC(c1ccc(Cl)cc1)(c1cccs1)C(F)(F)C(F)(F)F. The number of hydrogen-bond acceptors (Lipinski definition) is 2. The molecule has 0 radical (unpaired) electrons. The van der Waals surface area contributed by atoms with Crippen LogP contribution in [-0.4, -0.2) is 17.2 Å². The lowest BCUT2D eigenvalue weighted by Crippen LogP contribution is -2.55. The number of aliphatic hydroxyl groups is 1. The predicted octanol–water partition coefficient (Wildman–Crippen LogP) is 4.84. The first-order chi connectivity index (χ1) is 9.60. The highest BCUT2D eigenvalue weighted by molar-refractivity contribution is 7.10. The lowest BCUT2D eigenvalue weighted by molar-refractivity contribution is -0.335. The van der Waals surface area contributed by atoms with E-state index < -0.39 is 28.1 Å². The van der Waals surface area contributed by atoms with E-state index in [4.69, 9.17) is 11.6 Å². The molecule has 0 spiro atoms. The van der Waals surface area contributed by atoms with Crippen LogP contribution in [0.3, 0.4) is 0 Å². The lowest BCUT2D eigenvalue weighted by atomic mass is 9.85. The average Bonchev–Trinajstić information content (AvgIpc) is 2.91. The third kappa shape index (κ3) is 2.54. The van der Waals surface area contributed by atoms with Gasteiger partial charge in [0, 0.05) is 9.90 Å². The van der Waals surface area contributed by atoms with Gasteiger partial charge in [-0.1, -0.05) is 29.8 Å². The third-order valence-corrected chi connectivity index (χ3v) is 4.18. The monoisotopic (exact) mass is 342 g/mol. The van der Waals surface area contributed by atoms with E-state index in [1.54, 1.807) is 0 Å². The molecule has 1 N–H and O–H groups in total. The van der Waals surface area contributed by atoms with Crippen LogP contribution in [-0.2, 0) is 5.60 Å². The molecule has 0 saturated carbocycles. The van der Waals surface area contributed by atoms with E-state index in [0.29, 0.717) is 11.3 Å². The molecule has 1 aromatic heterocycles. The second-order valence-corrected chi connectivity index (χ2v) is 5.65.